The van der Waals surface area contributed by atoms with Crippen molar-refractivity contribution in [2.45, 2.75) is 51.1 Å². The third-order valence-corrected chi connectivity index (χ3v) is 5.59. The third-order valence-electron chi connectivity index (χ3n) is 5.34. The lowest BCUT2D eigenvalue weighted by Crippen LogP contribution is -2.34. The lowest BCUT2D eigenvalue weighted by molar-refractivity contribution is 0.0933. The van der Waals surface area contributed by atoms with E-state index in [2.05, 4.69) is 10.4 Å². The lowest BCUT2D eigenvalue weighted by Gasteiger charge is -2.16. The summed E-state index contributed by atoms with van der Waals surface area (Å²) in [5, 5.41) is 9.48. The summed E-state index contributed by atoms with van der Waals surface area (Å²) in [6, 6.07) is 13.9. The van der Waals surface area contributed by atoms with E-state index in [1.54, 1.807) is 0 Å². The van der Waals surface area contributed by atoms with Crippen LogP contribution >= 0.6 is 11.6 Å². The fraction of sp³-hybridized carbons (Fsp3) is 0.364. The zero-order chi connectivity index (χ0) is 18.6. The van der Waals surface area contributed by atoms with Crippen LogP contribution in [0, 0.1) is 0 Å². The molecule has 1 aliphatic rings. The monoisotopic (exact) mass is 381 g/mol. The standard InChI is InChI=1S/C22H24ClN3O/c23-19-11-7-16(8-12-19)15-26-21-13-17(9-10-18(21)14-24-26)22(27)25-20-5-3-1-2-4-6-20/h7-14,20H,1-6,15H2,(H,25,27). The minimum atomic E-state index is 0.0167. The maximum absolute atomic E-state index is 12.7. The number of hydrogen-bond acceptors (Lipinski definition) is 2. The molecule has 4 rings (SSSR count). The van der Waals surface area contributed by atoms with Gasteiger partial charge in [0.2, 0.25) is 0 Å². The average Bonchev–Trinajstić information content (AvgIpc) is 2.89. The van der Waals surface area contributed by atoms with Gasteiger partial charge in [-0.2, -0.15) is 5.10 Å². The molecule has 0 unspecified atom stereocenters. The first kappa shape index (κ1) is 18.1. The number of carbonyl (C=O) groups is 1. The molecule has 0 aliphatic heterocycles. The molecule has 3 aromatic rings. The van der Waals surface area contributed by atoms with Crippen molar-refractivity contribution in [1.82, 2.24) is 15.1 Å². The number of carbonyl (C=O) groups excluding carboxylic acids is 1. The van der Waals surface area contributed by atoms with E-state index in [9.17, 15) is 4.79 Å². The van der Waals surface area contributed by atoms with Gasteiger partial charge in [0.15, 0.2) is 0 Å². The topological polar surface area (TPSA) is 46.9 Å². The molecule has 2 aromatic carbocycles. The van der Waals surface area contributed by atoms with Gasteiger partial charge in [-0.05, 0) is 42.7 Å². The summed E-state index contributed by atoms with van der Waals surface area (Å²) in [6.07, 6.45) is 8.99. The van der Waals surface area contributed by atoms with Crippen LogP contribution in [0.15, 0.2) is 48.7 Å². The lowest BCUT2D eigenvalue weighted by atomic mass is 10.1. The first-order valence-electron chi connectivity index (χ1n) is 9.70. The highest BCUT2D eigenvalue weighted by molar-refractivity contribution is 6.30. The second kappa shape index (κ2) is 8.13. The fourth-order valence-corrected chi connectivity index (χ4v) is 3.92. The van der Waals surface area contributed by atoms with Crippen molar-refractivity contribution in [3.05, 3.63) is 64.8 Å². The predicted molar refractivity (Wildman–Crippen MR) is 109 cm³/mol. The summed E-state index contributed by atoms with van der Waals surface area (Å²) in [5.41, 5.74) is 2.79. The molecule has 1 amide bonds. The van der Waals surface area contributed by atoms with Crippen LogP contribution in [-0.4, -0.2) is 21.7 Å². The molecule has 4 nitrogen and oxygen atoms in total. The van der Waals surface area contributed by atoms with Gasteiger partial charge in [-0.15, -0.1) is 0 Å². The van der Waals surface area contributed by atoms with Crippen molar-refractivity contribution in [2.24, 2.45) is 0 Å². The molecule has 140 valence electrons. The zero-order valence-corrected chi connectivity index (χ0v) is 16.1. The Hall–Kier alpha value is -2.33. The Morgan fingerprint density at radius 3 is 2.56 bits per heavy atom. The van der Waals surface area contributed by atoms with Gasteiger partial charge < -0.3 is 5.32 Å². The number of rotatable bonds is 4. The van der Waals surface area contributed by atoms with Crippen molar-refractivity contribution in [2.75, 3.05) is 0 Å². The van der Waals surface area contributed by atoms with Gasteiger partial charge in [-0.1, -0.05) is 55.5 Å². The van der Waals surface area contributed by atoms with Crippen LogP contribution in [0.2, 0.25) is 5.02 Å². The van der Waals surface area contributed by atoms with E-state index in [1.807, 2.05) is 53.3 Å². The van der Waals surface area contributed by atoms with Crippen LogP contribution in [0.1, 0.15) is 54.4 Å². The molecule has 27 heavy (non-hydrogen) atoms. The van der Waals surface area contributed by atoms with E-state index >= 15 is 0 Å². The largest absolute Gasteiger partial charge is 0.349 e. The van der Waals surface area contributed by atoms with Crippen LogP contribution < -0.4 is 5.32 Å². The van der Waals surface area contributed by atoms with Gasteiger partial charge in [-0.25, -0.2) is 0 Å². The third kappa shape index (κ3) is 4.33. The number of fused-ring (bicyclic) bond motifs is 1. The Balaban J connectivity index is 1.53. The Kier molecular flexibility index (Phi) is 5.44. The molecule has 1 aromatic heterocycles. The smallest absolute Gasteiger partial charge is 0.251 e. The molecule has 1 N–H and O–H groups in total. The molecule has 1 fully saturated rings. The van der Waals surface area contributed by atoms with Gasteiger partial charge in [0.05, 0.1) is 18.3 Å². The molecular formula is C22H24ClN3O. The van der Waals surface area contributed by atoms with Crippen LogP contribution in [-0.2, 0) is 6.54 Å². The molecule has 0 atom stereocenters. The molecule has 0 spiro atoms. The van der Waals surface area contributed by atoms with Gasteiger partial charge in [0.25, 0.3) is 5.91 Å². The maximum atomic E-state index is 12.7. The Morgan fingerprint density at radius 1 is 1.07 bits per heavy atom. The van der Waals surface area contributed by atoms with E-state index < -0.39 is 0 Å². The van der Waals surface area contributed by atoms with Gasteiger partial charge in [-0.3, -0.25) is 9.48 Å². The molecule has 0 saturated heterocycles. The van der Waals surface area contributed by atoms with E-state index in [4.69, 9.17) is 11.6 Å². The van der Waals surface area contributed by atoms with E-state index in [0.29, 0.717) is 18.2 Å². The Morgan fingerprint density at radius 2 is 1.81 bits per heavy atom. The normalized spacial score (nSPS) is 15.6. The number of nitrogens with one attached hydrogen (secondary N) is 1. The maximum Gasteiger partial charge on any atom is 0.251 e. The van der Waals surface area contributed by atoms with E-state index in [0.717, 1.165) is 34.3 Å². The zero-order valence-electron chi connectivity index (χ0n) is 15.3. The van der Waals surface area contributed by atoms with Gasteiger partial charge in [0, 0.05) is 22.0 Å². The van der Waals surface area contributed by atoms with Crippen LogP contribution in [0.3, 0.4) is 0 Å². The average molecular weight is 382 g/mol. The van der Waals surface area contributed by atoms with Gasteiger partial charge in [0.1, 0.15) is 0 Å². The van der Waals surface area contributed by atoms with Crippen molar-refractivity contribution < 1.29 is 4.79 Å². The Labute approximate surface area is 164 Å². The molecule has 0 bridgehead atoms. The summed E-state index contributed by atoms with van der Waals surface area (Å²) in [5.74, 6) is 0.0167. The highest BCUT2D eigenvalue weighted by atomic mass is 35.5. The van der Waals surface area contributed by atoms with Crippen molar-refractivity contribution in [1.29, 1.82) is 0 Å². The fourth-order valence-electron chi connectivity index (χ4n) is 3.79. The van der Waals surface area contributed by atoms with Crippen LogP contribution in [0.25, 0.3) is 10.9 Å². The summed E-state index contributed by atoms with van der Waals surface area (Å²) >= 11 is 5.97. The quantitative estimate of drug-likeness (QED) is 0.632. The number of hydrogen-bond donors (Lipinski definition) is 1. The summed E-state index contributed by atoms with van der Waals surface area (Å²) in [4.78, 5) is 12.7. The number of amides is 1. The second-order valence-electron chi connectivity index (χ2n) is 7.36. The van der Waals surface area contributed by atoms with E-state index in [1.165, 1.54) is 25.7 Å². The van der Waals surface area contributed by atoms with Crippen molar-refractivity contribution in [3.63, 3.8) is 0 Å². The van der Waals surface area contributed by atoms with Gasteiger partial charge >= 0.3 is 0 Å². The van der Waals surface area contributed by atoms with Crippen LogP contribution in [0.4, 0.5) is 0 Å². The minimum Gasteiger partial charge on any atom is -0.349 e. The number of benzene rings is 2. The molecule has 1 saturated carbocycles. The predicted octanol–water partition coefficient (Wildman–Crippen LogP) is 5.19. The first-order valence-corrected chi connectivity index (χ1v) is 10.1. The molecule has 1 aliphatic carbocycles. The summed E-state index contributed by atoms with van der Waals surface area (Å²) in [7, 11) is 0. The second-order valence-corrected chi connectivity index (χ2v) is 7.80. The minimum absolute atomic E-state index is 0.0167. The molecule has 1 heterocycles. The number of nitrogens with zero attached hydrogens (tertiary/aromatic N) is 2. The molecule has 0 radical (unpaired) electrons. The Bertz CT molecular complexity index is 924. The first-order chi connectivity index (χ1) is 13.2. The highest BCUT2D eigenvalue weighted by Gasteiger charge is 2.16. The summed E-state index contributed by atoms with van der Waals surface area (Å²) in [6.45, 7) is 0.647. The molecule has 5 heteroatoms. The number of aromatic nitrogens is 2. The van der Waals surface area contributed by atoms with Crippen molar-refractivity contribution in [3.8, 4) is 0 Å². The molecular weight excluding hydrogens is 358 g/mol. The summed E-state index contributed by atoms with van der Waals surface area (Å²) < 4.78 is 1.93. The van der Waals surface area contributed by atoms with E-state index in [-0.39, 0.29) is 5.91 Å². The van der Waals surface area contributed by atoms with Crippen molar-refractivity contribution >= 4 is 28.4 Å². The number of halogens is 1. The van der Waals surface area contributed by atoms with Crippen LogP contribution in [0.5, 0.6) is 0 Å². The SMILES string of the molecule is O=C(NC1CCCCCC1)c1ccc2cnn(Cc3ccc(Cl)cc3)c2c1. The highest BCUT2D eigenvalue weighted by Crippen LogP contribution is 2.20.